The number of rotatable bonds is 16. The predicted octanol–water partition coefficient (Wildman–Crippen LogP) is 6.97. The van der Waals surface area contributed by atoms with Crippen LogP contribution in [0.5, 0.6) is 5.75 Å². The Morgan fingerprint density at radius 2 is 1.80 bits per heavy atom. The fraction of sp³-hybridized carbons (Fsp3) is 0.556. The molecule has 2 unspecified atom stereocenters. The molecular weight excluding hydrogens is 795 g/mol. The van der Waals surface area contributed by atoms with Crippen molar-refractivity contribution < 1.29 is 29.6 Å². The van der Waals surface area contributed by atoms with E-state index in [9.17, 15) is 15.0 Å². The van der Waals surface area contributed by atoms with Gasteiger partial charge in [0.15, 0.2) is 22.5 Å². The Morgan fingerprint density at radius 3 is 2.56 bits per heavy atom. The number of anilines is 4. The zero-order valence-corrected chi connectivity index (χ0v) is 36.6. The number of hydrogen-bond donors (Lipinski definition) is 5. The molecule has 324 valence electrons. The maximum Gasteiger partial charge on any atom is 0.355 e. The number of methoxy groups -OCH3 is 1. The highest BCUT2D eigenvalue weighted by molar-refractivity contribution is 7.22. The van der Waals surface area contributed by atoms with Crippen LogP contribution in [-0.2, 0) is 17.7 Å². The van der Waals surface area contributed by atoms with Gasteiger partial charge in [-0.15, -0.1) is 10.2 Å². The van der Waals surface area contributed by atoms with Crippen LogP contribution in [0.25, 0.3) is 21.3 Å². The van der Waals surface area contributed by atoms with Gasteiger partial charge in [0.1, 0.15) is 11.6 Å². The Kier molecular flexibility index (Phi) is 10.8. The second-order valence-corrected chi connectivity index (χ2v) is 20.0. The predicted molar refractivity (Wildman–Crippen MR) is 234 cm³/mol. The lowest BCUT2D eigenvalue weighted by Gasteiger charge is -2.69. The number of carbonyl (C=O) groups is 1. The first-order valence-corrected chi connectivity index (χ1v) is 22.3. The zero-order chi connectivity index (χ0) is 42.7. The molecule has 1 aliphatic heterocycles. The molecule has 10 rings (SSSR count). The first-order valence-electron chi connectivity index (χ1n) is 21.5. The number of carboxylic acid groups (broad SMARTS) is 1. The van der Waals surface area contributed by atoms with Gasteiger partial charge in [-0.25, -0.2) is 14.8 Å². The van der Waals surface area contributed by atoms with Crippen molar-refractivity contribution in [3.63, 3.8) is 0 Å². The summed E-state index contributed by atoms with van der Waals surface area (Å²) < 4.78 is 15.3. The van der Waals surface area contributed by atoms with Gasteiger partial charge >= 0.3 is 5.97 Å². The number of aliphatic hydroxyl groups excluding tert-OH is 2. The third-order valence-corrected chi connectivity index (χ3v) is 14.6. The summed E-state index contributed by atoms with van der Waals surface area (Å²) in [4.78, 5) is 24.5. The van der Waals surface area contributed by atoms with E-state index in [-0.39, 0.29) is 34.1 Å². The standard InChI is InChI=1S/C45H57N9O6S/c1-27-31-7-6-15-53(39(31)52-51-38(27)50-41-48-34-17-30(59-5)8-10-35(34)61-41)36-11-9-32(37(49-36)40(57)58)33-18-47-54(28(33)2)26-44-21-42(3)20-43(4,22-44)24-45(23-42,25-44)60-16-14-46-13-12-29(56)19-55/h8-11,17-18,29,46,55-56H,6-7,12-16,19-26H2,1-5H3,(H,57,58)(H,48,50,51)/t29-,42?,43?,44?,45?/m1/s1. The average Bonchev–Trinajstić information content (AvgIpc) is 3.79. The highest BCUT2D eigenvalue weighted by Gasteiger charge is 2.66. The number of nitrogens with zero attached hydrogens (tertiary/aromatic N) is 7. The van der Waals surface area contributed by atoms with Crippen LogP contribution in [0.3, 0.4) is 0 Å². The van der Waals surface area contributed by atoms with Gasteiger partial charge in [-0.05, 0) is 119 Å². The van der Waals surface area contributed by atoms with Crippen molar-refractivity contribution in [3.8, 4) is 16.9 Å². The number of pyridine rings is 1. The molecule has 0 radical (unpaired) electrons. The summed E-state index contributed by atoms with van der Waals surface area (Å²) in [5.41, 5.74) is 5.18. The molecule has 16 heteroatoms. The number of fused-ring (bicyclic) bond motifs is 2. The number of hydrogen-bond acceptors (Lipinski definition) is 14. The van der Waals surface area contributed by atoms with E-state index in [0.717, 1.165) is 89.8 Å². The van der Waals surface area contributed by atoms with Crippen LogP contribution in [0.4, 0.5) is 22.6 Å². The van der Waals surface area contributed by atoms with E-state index in [4.69, 9.17) is 29.6 Å². The minimum Gasteiger partial charge on any atom is -0.497 e. The molecule has 15 nitrogen and oxygen atoms in total. The van der Waals surface area contributed by atoms with Gasteiger partial charge in [0, 0.05) is 53.6 Å². The molecule has 5 N–H and O–H groups in total. The SMILES string of the molecule is COc1ccc2sc(Nc3nnc4c(c3C)CCCN4c3ccc(-c4cnn(CC56CC7(C)CC(C)(C5)CC(OCCNCC[C@@H](O)CO)(C7)C6)c4C)c(C(=O)O)n3)nc2c1. The lowest BCUT2D eigenvalue weighted by atomic mass is 9.39. The maximum absolute atomic E-state index is 13.0. The Morgan fingerprint density at radius 1 is 1.00 bits per heavy atom. The molecule has 61 heavy (non-hydrogen) atoms. The number of benzene rings is 1. The summed E-state index contributed by atoms with van der Waals surface area (Å²) in [6.07, 6.45) is 9.74. The van der Waals surface area contributed by atoms with Crippen LogP contribution in [-0.4, -0.2) is 103 Å². The number of carboxylic acids is 1. The highest BCUT2D eigenvalue weighted by Crippen LogP contribution is 2.72. The molecule has 5 aliphatic rings. The van der Waals surface area contributed by atoms with Crippen LogP contribution in [0.2, 0.25) is 0 Å². The summed E-state index contributed by atoms with van der Waals surface area (Å²) in [6.45, 7) is 12.0. The van der Waals surface area contributed by atoms with E-state index in [2.05, 4.69) is 39.4 Å². The molecule has 5 heterocycles. The van der Waals surface area contributed by atoms with E-state index in [1.54, 1.807) is 13.3 Å². The van der Waals surface area contributed by atoms with E-state index in [1.165, 1.54) is 17.8 Å². The van der Waals surface area contributed by atoms with Crippen molar-refractivity contribution in [3.05, 3.63) is 59.0 Å². The fourth-order valence-electron chi connectivity index (χ4n) is 12.3. The Balaban J connectivity index is 0.936. The Bertz CT molecular complexity index is 2450. The molecule has 4 fully saturated rings. The van der Waals surface area contributed by atoms with Crippen LogP contribution in [0.15, 0.2) is 36.5 Å². The number of ether oxygens (including phenoxy) is 2. The summed E-state index contributed by atoms with van der Waals surface area (Å²) in [7, 11) is 1.64. The summed E-state index contributed by atoms with van der Waals surface area (Å²) in [6, 6.07) is 9.57. The van der Waals surface area contributed by atoms with Gasteiger partial charge in [-0.2, -0.15) is 5.10 Å². The normalized spacial score (nSPS) is 25.9. The molecule has 0 spiro atoms. The number of aliphatic hydroxyl groups is 2. The largest absolute Gasteiger partial charge is 0.497 e. The molecular formula is C45H57N9O6S. The molecule has 4 aliphatic carbocycles. The zero-order valence-electron chi connectivity index (χ0n) is 35.8. The minimum atomic E-state index is -1.10. The summed E-state index contributed by atoms with van der Waals surface area (Å²) in [5.74, 6) is 1.48. The molecule has 5 aromatic rings. The van der Waals surface area contributed by atoms with Gasteiger partial charge in [0.2, 0.25) is 0 Å². The average molecular weight is 852 g/mol. The number of aromatic carboxylic acids is 1. The molecule has 3 atom stereocenters. The van der Waals surface area contributed by atoms with Crippen LogP contribution < -0.4 is 20.3 Å². The quantitative estimate of drug-likeness (QED) is 0.0640. The van der Waals surface area contributed by atoms with Crippen molar-refractivity contribution in [2.75, 3.05) is 50.2 Å². The van der Waals surface area contributed by atoms with Crippen molar-refractivity contribution >= 4 is 50.1 Å². The monoisotopic (exact) mass is 851 g/mol. The van der Waals surface area contributed by atoms with Crippen LogP contribution in [0, 0.1) is 30.1 Å². The second-order valence-electron chi connectivity index (χ2n) is 19.0. The van der Waals surface area contributed by atoms with E-state index < -0.39 is 12.1 Å². The van der Waals surface area contributed by atoms with Gasteiger partial charge in [0.25, 0.3) is 0 Å². The van der Waals surface area contributed by atoms with Crippen molar-refractivity contribution in [2.45, 2.75) is 104 Å². The number of thiazole rings is 1. The van der Waals surface area contributed by atoms with E-state index >= 15 is 0 Å². The van der Waals surface area contributed by atoms with Crippen molar-refractivity contribution in [1.82, 2.24) is 35.3 Å². The maximum atomic E-state index is 13.0. The topological polar surface area (TPSA) is 193 Å². The van der Waals surface area contributed by atoms with Crippen LogP contribution in [0.1, 0.15) is 92.5 Å². The molecule has 4 saturated carbocycles. The Labute approximate surface area is 359 Å². The van der Waals surface area contributed by atoms with Crippen LogP contribution >= 0.6 is 11.3 Å². The number of aromatic nitrogens is 6. The summed E-state index contributed by atoms with van der Waals surface area (Å²) >= 11 is 1.53. The lowest BCUT2D eigenvalue weighted by molar-refractivity contribution is -0.247. The first-order chi connectivity index (χ1) is 29.2. The number of nitrogens with one attached hydrogen (secondary N) is 2. The minimum absolute atomic E-state index is 0.00142. The van der Waals surface area contributed by atoms with Gasteiger partial charge in [0.05, 0.1) is 48.4 Å². The lowest BCUT2D eigenvalue weighted by Crippen LogP contribution is -2.64. The van der Waals surface area contributed by atoms with Gasteiger partial charge < -0.3 is 40.3 Å². The molecule has 1 aromatic carbocycles. The fourth-order valence-corrected chi connectivity index (χ4v) is 13.1. The van der Waals surface area contributed by atoms with E-state index in [0.29, 0.717) is 60.8 Å². The Hall–Kier alpha value is -4.74. The molecule has 4 bridgehead atoms. The third-order valence-electron chi connectivity index (χ3n) is 13.6. The smallest absolute Gasteiger partial charge is 0.355 e. The molecule has 4 aromatic heterocycles. The molecule has 0 saturated heterocycles. The highest BCUT2D eigenvalue weighted by atomic mass is 32.1. The van der Waals surface area contributed by atoms with Gasteiger partial charge in [-0.1, -0.05) is 25.2 Å². The van der Waals surface area contributed by atoms with Crippen molar-refractivity contribution in [2.24, 2.45) is 16.2 Å². The van der Waals surface area contributed by atoms with Crippen molar-refractivity contribution in [1.29, 1.82) is 0 Å². The third kappa shape index (κ3) is 7.97. The summed E-state index contributed by atoms with van der Waals surface area (Å²) in [5, 5.41) is 51.0. The second kappa shape index (κ2) is 15.9. The van der Waals surface area contributed by atoms with Gasteiger partial charge in [-0.3, -0.25) is 4.68 Å². The molecule has 0 amide bonds. The first kappa shape index (κ1) is 41.6. The van der Waals surface area contributed by atoms with E-state index in [1.807, 2.05) is 49.1 Å².